The van der Waals surface area contributed by atoms with E-state index in [9.17, 15) is 14.4 Å². The second kappa shape index (κ2) is 9.79. The summed E-state index contributed by atoms with van der Waals surface area (Å²) in [6, 6.07) is 9.49. The molecular weight excluding hydrogens is 438 g/mol. The molecule has 0 atom stereocenters. The molecule has 2 amide bonds. The number of esters is 1. The highest BCUT2D eigenvalue weighted by Crippen LogP contribution is 2.44. The maximum absolute atomic E-state index is 13.5. The number of hydrogen-bond donors (Lipinski definition) is 1. The van der Waals surface area contributed by atoms with E-state index in [1.807, 2.05) is 37.3 Å². The van der Waals surface area contributed by atoms with E-state index in [-0.39, 0.29) is 30.7 Å². The molecule has 4 rings (SSSR count). The third-order valence-corrected chi connectivity index (χ3v) is 7.22. The summed E-state index contributed by atoms with van der Waals surface area (Å²) in [6.07, 6.45) is 4.05. The minimum absolute atomic E-state index is 0.0215. The summed E-state index contributed by atoms with van der Waals surface area (Å²) >= 11 is 1.61. The smallest absolute Gasteiger partial charge is 0.357 e. The molecule has 7 nitrogen and oxygen atoms in total. The first kappa shape index (κ1) is 23.0. The highest BCUT2D eigenvalue weighted by molar-refractivity contribution is 7.19. The molecule has 174 valence electrons. The third-order valence-electron chi connectivity index (χ3n) is 5.90. The van der Waals surface area contributed by atoms with Crippen molar-refractivity contribution >= 4 is 50.7 Å². The lowest BCUT2D eigenvalue weighted by Crippen LogP contribution is -2.34. The molecule has 0 aliphatic heterocycles. The molecule has 8 heteroatoms. The maximum atomic E-state index is 13.5. The Morgan fingerprint density at radius 3 is 2.52 bits per heavy atom. The van der Waals surface area contributed by atoms with Gasteiger partial charge in [-0.05, 0) is 57.2 Å². The van der Waals surface area contributed by atoms with Crippen molar-refractivity contribution in [3.05, 3.63) is 46.5 Å². The van der Waals surface area contributed by atoms with Crippen molar-refractivity contribution in [3.63, 3.8) is 0 Å². The number of anilines is 2. The van der Waals surface area contributed by atoms with Gasteiger partial charge in [-0.25, -0.2) is 4.79 Å². The standard InChI is InChI=1S/C25H29N3O4S/c1-4-27(17-11-7-6-8-12-17)20(30)15-28-23(25(31)32-5-2)22(26-16(3)29)21-18-13-9-10-14-19(18)33-24(21)28/h6-8,11-12H,4-5,9-10,13-15H2,1-3H3,(H,26,29). The van der Waals surface area contributed by atoms with Gasteiger partial charge >= 0.3 is 5.97 Å². The first-order chi connectivity index (χ1) is 16.0. The van der Waals surface area contributed by atoms with E-state index in [2.05, 4.69) is 5.32 Å². The second-order valence-corrected chi connectivity index (χ2v) is 9.16. The number of likely N-dealkylation sites (N-methyl/N-ethyl adjacent to an activating group) is 1. The van der Waals surface area contributed by atoms with Crippen molar-refractivity contribution in [3.8, 4) is 0 Å². The Balaban J connectivity index is 1.87. The second-order valence-electron chi connectivity index (χ2n) is 8.08. The zero-order valence-corrected chi connectivity index (χ0v) is 20.1. The predicted octanol–water partition coefficient (Wildman–Crippen LogP) is 4.77. The van der Waals surface area contributed by atoms with Gasteiger partial charge in [0.1, 0.15) is 11.4 Å². The Hall–Kier alpha value is -3.13. The lowest BCUT2D eigenvalue weighted by atomic mass is 9.96. The molecule has 33 heavy (non-hydrogen) atoms. The number of carbonyl (C=O) groups is 3. The van der Waals surface area contributed by atoms with Crippen molar-refractivity contribution in [2.45, 2.75) is 53.0 Å². The number of nitrogens with zero attached hydrogens (tertiary/aromatic N) is 2. The molecule has 0 radical (unpaired) electrons. The minimum Gasteiger partial charge on any atom is -0.461 e. The van der Waals surface area contributed by atoms with Gasteiger partial charge in [0.2, 0.25) is 11.8 Å². The summed E-state index contributed by atoms with van der Waals surface area (Å²) in [5, 5.41) is 3.76. The number of benzene rings is 1. The van der Waals surface area contributed by atoms with E-state index in [1.165, 1.54) is 17.4 Å². The van der Waals surface area contributed by atoms with Crippen molar-refractivity contribution < 1.29 is 19.1 Å². The number of fused-ring (bicyclic) bond motifs is 3. The van der Waals surface area contributed by atoms with Gasteiger partial charge in [-0.15, -0.1) is 11.3 Å². The van der Waals surface area contributed by atoms with Crippen LogP contribution < -0.4 is 10.2 Å². The Morgan fingerprint density at radius 1 is 1.12 bits per heavy atom. The Morgan fingerprint density at radius 2 is 1.85 bits per heavy atom. The van der Waals surface area contributed by atoms with Crippen LogP contribution in [-0.2, 0) is 33.7 Å². The number of aromatic nitrogens is 1. The van der Waals surface area contributed by atoms with Crippen molar-refractivity contribution in [2.24, 2.45) is 0 Å². The Bertz CT molecular complexity index is 1200. The van der Waals surface area contributed by atoms with Gasteiger partial charge in [0, 0.05) is 29.4 Å². The van der Waals surface area contributed by atoms with Crippen LogP contribution in [0, 0.1) is 0 Å². The van der Waals surface area contributed by atoms with E-state index >= 15 is 0 Å². The molecular formula is C25H29N3O4S. The highest BCUT2D eigenvalue weighted by Gasteiger charge is 2.31. The topological polar surface area (TPSA) is 80.6 Å². The van der Waals surface area contributed by atoms with Crippen LogP contribution >= 0.6 is 11.3 Å². The number of para-hydroxylation sites is 1. The zero-order valence-electron chi connectivity index (χ0n) is 19.3. The first-order valence-corrected chi connectivity index (χ1v) is 12.2. The SMILES string of the molecule is CCOC(=O)c1c(NC(C)=O)c2c3c(sc2n1CC(=O)N(CC)c1ccccc1)CCCC3. The molecule has 1 N–H and O–H groups in total. The van der Waals surface area contributed by atoms with Gasteiger partial charge < -0.3 is 19.5 Å². The maximum Gasteiger partial charge on any atom is 0.357 e. The monoisotopic (exact) mass is 467 g/mol. The van der Waals surface area contributed by atoms with Gasteiger partial charge in [-0.3, -0.25) is 9.59 Å². The van der Waals surface area contributed by atoms with E-state index in [0.29, 0.717) is 12.2 Å². The van der Waals surface area contributed by atoms with Gasteiger partial charge in [0.05, 0.1) is 12.3 Å². The van der Waals surface area contributed by atoms with Crippen LogP contribution in [0.3, 0.4) is 0 Å². The average molecular weight is 468 g/mol. The van der Waals surface area contributed by atoms with Gasteiger partial charge in [0.25, 0.3) is 0 Å². The van der Waals surface area contributed by atoms with Crippen LogP contribution in [0.4, 0.5) is 11.4 Å². The van der Waals surface area contributed by atoms with Gasteiger partial charge in [-0.1, -0.05) is 18.2 Å². The summed E-state index contributed by atoms with van der Waals surface area (Å²) in [5.41, 5.74) is 2.68. The molecule has 3 aromatic rings. The van der Waals surface area contributed by atoms with Crippen LogP contribution in [0.25, 0.3) is 10.2 Å². The third kappa shape index (κ3) is 4.39. The van der Waals surface area contributed by atoms with Crippen LogP contribution in [-0.4, -0.2) is 35.5 Å². The number of nitrogens with one attached hydrogen (secondary N) is 1. The molecule has 0 unspecified atom stereocenters. The van der Waals surface area contributed by atoms with Crippen LogP contribution in [0.1, 0.15) is 54.5 Å². The molecule has 1 aromatic carbocycles. The summed E-state index contributed by atoms with van der Waals surface area (Å²) in [6.45, 7) is 5.78. The normalized spacial score (nSPS) is 12.9. The molecule has 1 aliphatic rings. The molecule has 0 saturated heterocycles. The quantitative estimate of drug-likeness (QED) is 0.508. The van der Waals surface area contributed by atoms with E-state index in [0.717, 1.165) is 41.6 Å². The van der Waals surface area contributed by atoms with Gasteiger partial charge in [0.15, 0.2) is 5.69 Å². The molecule has 1 aliphatic carbocycles. The van der Waals surface area contributed by atoms with E-state index < -0.39 is 5.97 Å². The zero-order chi connectivity index (χ0) is 23.5. The molecule has 0 fully saturated rings. The molecule has 0 bridgehead atoms. The average Bonchev–Trinajstić information content (AvgIpc) is 3.30. The van der Waals surface area contributed by atoms with Crippen LogP contribution in [0.15, 0.2) is 30.3 Å². The molecule has 2 heterocycles. The Labute approximate surface area is 197 Å². The number of hydrogen-bond acceptors (Lipinski definition) is 5. The molecule has 0 saturated carbocycles. The minimum atomic E-state index is -0.537. The summed E-state index contributed by atoms with van der Waals surface area (Å²) in [7, 11) is 0. The fraction of sp³-hybridized carbons (Fsp3) is 0.400. The van der Waals surface area contributed by atoms with Crippen molar-refractivity contribution in [1.82, 2.24) is 4.57 Å². The fourth-order valence-electron chi connectivity index (χ4n) is 4.55. The van der Waals surface area contributed by atoms with E-state index in [4.69, 9.17) is 4.74 Å². The van der Waals surface area contributed by atoms with Crippen LogP contribution in [0.5, 0.6) is 0 Å². The molecule has 0 spiro atoms. The van der Waals surface area contributed by atoms with Crippen LogP contribution in [0.2, 0.25) is 0 Å². The first-order valence-electron chi connectivity index (χ1n) is 11.4. The largest absolute Gasteiger partial charge is 0.461 e. The summed E-state index contributed by atoms with van der Waals surface area (Å²) < 4.78 is 7.10. The number of thiophene rings is 1. The van der Waals surface area contributed by atoms with Crippen molar-refractivity contribution in [2.75, 3.05) is 23.4 Å². The number of carbonyl (C=O) groups excluding carboxylic acids is 3. The fourth-order valence-corrected chi connectivity index (χ4v) is 5.95. The highest BCUT2D eigenvalue weighted by atomic mass is 32.1. The lowest BCUT2D eigenvalue weighted by Gasteiger charge is -2.22. The Kier molecular flexibility index (Phi) is 6.83. The molecule has 2 aromatic heterocycles. The lowest BCUT2D eigenvalue weighted by molar-refractivity contribution is -0.119. The number of aryl methyl sites for hydroxylation is 2. The predicted molar refractivity (Wildman–Crippen MR) is 131 cm³/mol. The number of rotatable bonds is 7. The van der Waals surface area contributed by atoms with Gasteiger partial charge in [-0.2, -0.15) is 0 Å². The van der Waals surface area contributed by atoms with E-state index in [1.54, 1.807) is 27.7 Å². The summed E-state index contributed by atoms with van der Waals surface area (Å²) in [4.78, 5) is 42.5. The number of amides is 2. The number of ether oxygens (including phenoxy) is 1. The summed E-state index contributed by atoms with van der Waals surface area (Å²) in [5.74, 6) is -0.933. The van der Waals surface area contributed by atoms with Crippen molar-refractivity contribution in [1.29, 1.82) is 0 Å².